The Kier molecular flexibility index (Phi) is 8.07. The molecule has 2 saturated carbocycles. The molecule has 8 aromatic carbocycles. The standard InChI is InChI=1S/C56H47N/c1-37-15-9-12-25-48(37)51-34-40-17-10-11-18-41(40)35-54(51)57(46-24-14-19-42(33-46)50-32-39-27-28-43(50)31-39)47-29-30-49-53(36-47)56(44-20-5-3-6-21-44,45-22-7-4-8-23-45)52-26-13-16-38(2)55(49)52/h3-26,29-30,33-36,39,43,50H,27-28,31-32H2,1-2H3. The summed E-state index contributed by atoms with van der Waals surface area (Å²) in [7, 11) is 0. The summed E-state index contributed by atoms with van der Waals surface area (Å²) in [5, 5.41) is 2.49. The summed E-state index contributed by atoms with van der Waals surface area (Å²) in [6.07, 6.45) is 5.50. The van der Waals surface area contributed by atoms with Crippen molar-refractivity contribution in [2.24, 2.45) is 11.8 Å². The first-order valence-electron chi connectivity index (χ1n) is 20.9. The second-order valence-electron chi connectivity index (χ2n) is 17.0. The molecule has 11 rings (SSSR count). The first-order valence-corrected chi connectivity index (χ1v) is 20.9. The van der Waals surface area contributed by atoms with Crippen LogP contribution < -0.4 is 4.90 Å². The lowest BCUT2D eigenvalue weighted by molar-refractivity contribution is 0.420. The van der Waals surface area contributed by atoms with Gasteiger partial charge in [-0.2, -0.15) is 0 Å². The number of hydrogen-bond acceptors (Lipinski definition) is 1. The maximum atomic E-state index is 2.59. The van der Waals surface area contributed by atoms with Crippen molar-refractivity contribution >= 4 is 27.8 Å². The van der Waals surface area contributed by atoms with Crippen LogP contribution >= 0.6 is 0 Å². The van der Waals surface area contributed by atoms with E-state index in [4.69, 9.17) is 0 Å². The molecule has 0 heterocycles. The van der Waals surface area contributed by atoms with E-state index >= 15 is 0 Å². The van der Waals surface area contributed by atoms with Crippen molar-refractivity contribution in [3.63, 3.8) is 0 Å². The molecule has 0 radical (unpaired) electrons. The molecule has 0 amide bonds. The summed E-state index contributed by atoms with van der Waals surface area (Å²) in [6, 6.07) is 68.9. The Morgan fingerprint density at radius 3 is 1.86 bits per heavy atom. The molecule has 0 aromatic heterocycles. The summed E-state index contributed by atoms with van der Waals surface area (Å²) in [6.45, 7) is 4.52. The van der Waals surface area contributed by atoms with E-state index in [1.807, 2.05) is 0 Å². The number of aryl methyl sites for hydroxylation is 2. The average Bonchev–Trinajstić information content (AvgIpc) is 3.98. The molecule has 276 valence electrons. The number of benzene rings is 8. The molecular formula is C56H47N. The number of nitrogens with zero attached hydrogens (tertiary/aromatic N) is 1. The van der Waals surface area contributed by atoms with Gasteiger partial charge in [-0.25, -0.2) is 0 Å². The van der Waals surface area contributed by atoms with Crippen molar-refractivity contribution in [2.75, 3.05) is 4.90 Å². The SMILES string of the molecule is Cc1ccccc1-c1cc2ccccc2cc1N(c1cccc(C2CC3CCC2C3)c1)c1ccc2c(c1)C(c1ccccc1)(c1ccccc1)c1cccc(C)c1-2. The molecule has 0 N–H and O–H groups in total. The van der Waals surface area contributed by atoms with Crippen LogP contribution in [0.15, 0.2) is 182 Å². The third kappa shape index (κ3) is 5.36. The highest BCUT2D eigenvalue weighted by atomic mass is 15.1. The van der Waals surface area contributed by atoms with Crippen LogP contribution in [0.3, 0.4) is 0 Å². The molecule has 57 heavy (non-hydrogen) atoms. The van der Waals surface area contributed by atoms with Crippen molar-refractivity contribution in [3.8, 4) is 22.3 Å². The molecule has 1 nitrogen and oxygen atoms in total. The van der Waals surface area contributed by atoms with Crippen LogP contribution in [0.1, 0.15) is 70.5 Å². The molecule has 2 bridgehead atoms. The number of anilines is 3. The Morgan fingerprint density at radius 2 is 1.14 bits per heavy atom. The van der Waals surface area contributed by atoms with Gasteiger partial charge in [-0.3, -0.25) is 0 Å². The lowest BCUT2D eigenvalue weighted by Crippen LogP contribution is -2.28. The van der Waals surface area contributed by atoms with Crippen LogP contribution in [0, 0.1) is 25.7 Å². The topological polar surface area (TPSA) is 3.24 Å². The number of rotatable bonds is 7. The van der Waals surface area contributed by atoms with Crippen LogP contribution in [0.4, 0.5) is 17.1 Å². The second kappa shape index (κ2) is 13.5. The smallest absolute Gasteiger partial charge is 0.0714 e. The first kappa shape index (κ1) is 34.1. The first-order chi connectivity index (χ1) is 28.1. The molecule has 0 aliphatic heterocycles. The van der Waals surface area contributed by atoms with Gasteiger partial charge >= 0.3 is 0 Å². The van der Waals surface area contributed by atoms with Crippen LogP contribution in [-0.2, 0) is 5.41 Å². The van der Waals surface area contributed by atoms with E-state index in [1.54, 1.807) is 0 Å². The van der Waals surface area contributed by atoms with Gasteiger partial charge < -0.3 is 4.90 Å². The van der Waals surface area contributed by atoms with Crippen LogP contribution in [0.5, 0.6) is 0 Å². The van der Waals surface area contributed by atoms with Crippen molar-refractivity contribution in [1.29, 1.82) is 0 Å². The Hall–Kier alpha value is -6.18. The van der Waals surface area contributed by atoms with Gasteiger partial charge in [-0.15, -0.1) is 0 Å². The number of fused-ring (bicyclic) bond motifs is 6. The minimum Gasteiger partial charge on any atom is -0.310 e. The third-order valence-corrected chi connectivity index (χ3v) is 13.9. The molecule has 1 heteroatoms. The zero-order chi connectivity index (χ0) is 38.1. The molecule has 3 aliphatic carbocycles. The molecule has 3 aliphatic rings. The maximum Gasteiger partial charge on any atom is 0.0714 e. The fraction of sp³-hybridized carbons (Fsp3) is 0.179. The largest absolute Gasteiger partial charge is 0.310 e. The van der Waals surface area contributed by atoms with E-state index in [-0.39, 0.29) is 0 Å². The Bertz CT molecular complexity index is 2760. The van der Waals surface area contributed by atoms with Crippen LogP contribution in [0.25, 0.3) is 33.0 Å². The van der Waals surface area contributed by atoms with Gasteiger partial charge in [-0.1, -0.05) is 152 Å². The van der Waals surface area contributed by atoms with E-state index in [2.05, 4.69) is 201 Å². The summed E-state index contributed by atoms with van der Waals surface area (Å²) in [5.41, 5.74) is 17.6. The fourth-order valence-electron chi connectivity index (χ4n) is 11.3. The van der Waals surface area contributed by atoms with Crippen molar-refractivity contribution in [2.45, 2.75) is 50.9 Å². The van der Waals surface area contributed by atoms with Gasteiger partial charge in [0.25, 0.3) is 0 Å². The van der Waals surface area contributed by atoms with Gasteiger partial charge in [0, 0.05) is 16.9 Å². The molecule has 3 unspecified atom stereocenters. The zero-order valence-electron chi connectivity index (χ0n) is 32.8. The quantitative estimate of drug-likeness (QED) is 0.158. The summed E-state index contributed by atoms with van der Waals surface area (Å²) >= 11 is 0. The lowest BCUT2D eigenvalue weighted by atomic mass is 9.67. The fourth-order valence-corrected chi connectivity index (χ4v) is 11.3. The summed E-state index contributed by atoms with van der Waals surface area (Å²) in [4.78, 5) is 2.59. The van der Waals surface area contributed by atoms with Gasteiger partial charge in [0.05, 0.1) is 11.1 Å². The molecule has 8 aromatic rings. The van der Waals surface area contributed by atoms with Gasteiger partial charge in [-0.05, 0) is 154 Å². The predicted molar refractivity (Wildman–Crippen MR) is 239 cm³/mol. The maximum absolute atomic E-state index is 2.59. The van der Waals surface area contributed by atoms with Crippen LogP contribution in [-0.4, -0.2) is 0 Å². The van der Waals surface area contributed by atoms with Gasteiger partial charge in [0.1, 0.15) is 0 Å². The highest BCUT2D eigenvalue weighted by Gasteiger charge is 2.47. The van der Waals surface area contributed by atoms with Gasteiger partial charge in [0.2, 0.25) is 0 Å². The van der Waals surface area contributed by atoms with E-state index in [0.29, 0.717) is 5.92 Å². The Balaban J connectivity index is 1.21. The molecular weight excluding hydrogens is 687 g/mol. The Labute approximate surface area is 337 Å². The summed E-state index contributed by atoms with van der Waals surface area (Å²) in [5.74, 6) is 2.33. The third-order valence-electron chi connectivity index (χ3n) is 13.9. The van der Waals surface area contributed by atoms with Crippen molar-refractivity contribution in [3.05, 3.63) is 221 Å². The van der Waals surface area contributed by atoms with Gasteiger partial charge in [0.15, 0.2) is 0 Å². The highest BCUT2D eigenvalue weighted by molar-refractivity contribution is 5.99. The van der Waals surface area contributed by atoms with E-state index in [1.165, 1.54) is 115 Å². The Morgan fingerprint density at radius 1 is 0.474 bits per heavy atom. The van der Waals surface area contributed by atoms with Crippen LogP contribution in [0.2, 0.25) is 0 Å². The van der Waals surface area contributed by atoms with E-state index < -0.39 is 5.41 Å². The van der Waals surface area contributed by atoms with Crippen molar-refractivity contribution < 1.29 is 0 Å². The molecule has 0 saturated heterocycles. The minimum atomic E-state index is -0.492. The lowest BCUT2D eigenvalue weighted by Gasteiger charge is -2.35. The van der Waals surface area contributed by atoms with E-state index in [9.17, 15) is 0 Å². The minimum absolute atomic E-state index is 0.492. The molecule has 0 spiro atoms. The predicted octanol–water partition coefficient (Wildman–Crippen LogP) is 14.9. The normalized spacial score (nSPS) is 18.7. The number of hydrogen-bond donors (Lipinski definition) is 0. The monoisotopic (exact) mass is 733 g/mol. The average molecular weight is 734 g/mol. The zero-order valence-corrected chi connectivity index (χ0v) is 32.8. The second-order valence-corrected chi connectivity index (χ2v) is 17.0. The molecule has 2 fully saturated rings. The van der Waals surface area contributed by atoms with Crippen molar-refractivity contribution in [1.82, 2.24) is 0 Å². The molecule has 3 atom stereocenters. The van der Waals surface area contributed by atoms with E-state index in [0.717, 1.165) is 11.8 Å². The summed E-state index contributed by atoms with van der Waals surface area (Å²) < 4.78 is 0. The highest BCUT2D eigenvalue weighted by Crippen LogP contribution is 2.59.